The number of amides is 1. The lowest BCUT2D eigenvalue weighted by atomic mass is 9.90. The number of benzene rings is 2. The third-order valence-electron chi connectivity index (χ3n) is 6.37. The number of piperidine rings is 1. The van der Waals surface area contributed by atoms with Crippen molar-refractivity contribution < 1.29 is 4.79 Å². The van der Waals surface area contributed by atoms with E-state index in [0.29, 0.717) is 28.9 Å². The number of fused-ring (bicyclic) bond motifs is 1. The van der Waals surface area contributed by atoms with Crippen LogP contribution in [-0.2, 0) is 13.0 Å². The summed E-state index contributed by atoms with van der Waals surface area (Å²) in [6, 6.07) is 16.1. The smallest absolute Gasteiger partial charge is 0.274 e. The van der Waals surface area contributed by atoms with Gasteiger partial charge in [-0.05, 0) is 56.6 Å². The second kappa shape index (κ2) is 9.46. The van der Waals surface area contributed by atoms with E-state index in [2.05, 4.69) is 36.3 Å². The van der Waals surface area contributed by atoms with E-state index in [1.807, 2.05) is 30.0 Å². The first kappa shape index (κ1) is 21.3. The molecule has 2 aromatic carbocycles. The van der Waals surface area contributed by atoms with Gasteiger partial charge >= 0.3 is 0 Å². The molecule has 0 bridgehead atoms. The van der Waals surface area contributed by atoms with Gasteiger partial charge in [0.2, 0.25) is 0 Å². The van der Waals surface area contributed by atoms with E-state index < -0.39 is 0 Å². The van der Waals surface area contributed by atoms with Crippen LogP contribution in [0, 0.1) is 12.8 Å². The molecule has 1 aromatic heterocycles. The lowest BCUT2D eigenvalue weighted by Gasteiger charge is -2.32. The molecule has 1 saturated heterocycles. The number of nitrogens with zero attached hydrogens (tertiary/aromatic N) is 3. The molecule has 162 valence electrons. The summed E-state index contributed by atoms with van der Waals surface area (Å²) >= 11 is 0. The minimum atomic E-state index is -0.121. The van der Waals surface area contributed by atoms with Crippen molar-refractivity contribution in [2.45, 2.75) is 52.5 Å². The second-order valence-corrected chi connectivity index (χ2v) is 8.68. The third-order valence-corrected chi connectivity index (χ3v) is 6.37. The largest absolute Gasteiger partial charge is 0.337 e. The van der Waals surface area contributed by atoms with Gasteiger partial charge in [0.15, 0.2) is 5.69 Å². The molecule has 0 atom stereocenters. The van der Waals surface area contributed by atoms with E-state index in [-0.39, 0.29) is 11.5 Å². The van der Waals surface area contributed by atoms with Gasteiger partial charge in [-0.25, -0.2) is 4.68 Å². The second-order valence-electron chi connectivity index (χ2n) is 8.68. The predicted octanol–water partition coefficient (Wildman–Crippen LogP) is 4.60. The standard InChI is InChI=1S/C26H31N3O2/c1-3-16-29-25(30)23-7-5-4-6-22(23)24(27-29)26(31)28-17-14-21(15-18-28)13-12-20-10-8-19(2)9-11-20/h4-11,21H,3,12-18H2,1-2H3. The van der Waals surface area contributed by atoms with Gasteiger partial charge in [-0.3, -0.25) is 9.59 Å². The molecule has 2 heterocycles. The Bertz CT molecular complexity index is 1110. The first-order valence-electron chi connectivity index (χ1n) is 11.4. The molecule has 5 nitrogen and oxygen atoms in total. The van der Waals surface area contributed by atoms with Crippen molar-refractivity contribution in [3.05, 3.63) is 75.7 Å². The quantitative estimate of drug-likeness (QED) is 0.589. The SMILES string of the molecule is CCCn1nc(C(=O)N2CCC(CCc3ccc(C)cc3)CC2)c2ccccc2c1=O. The predicted molar refractivity (Wildman–Crippen MR) is 124 cm³/mol. The first-order chi connectivity index (χ1) is 15.1. The number of aromatic nitrogens is 2. The molecular weight excluding hydrogens is 386 g/mol. The van der Waals surface area contributed by atoms with Crippen LogP contribution in [0.1, 0.15) is 54.2 Å². The minimum absolute atomic E-state index is 0.0574. The highest BCUT2D eigenvalue weighted by molar-refractivity contribution is 6.04. The Morgan fingerprint density at radius 3 is 2.39 bits per heavy atom. The van der Waals surface area contributed by atoms with Gasteiger partial charge in [-0.15, -0.1) is 0 Å². The van der Waals surface area contributed by atoms with E-state index in [0.717, 1.165) is 45.2 Å². The minimum Gasteiger partial charge on any atom is -0.337 e. The zero-order valence-electron chi connectivity index (χ0n) is 18.5. The molecule has 0 radical (unpaired) electrons. The zero-order valence-corrected chi connectivity index (χ0v) is 18.5. The third kappa shape index (κ3) is 4.71. The Kier molecular flexibility index (Phi) is 6.50. The molecule has 5 heteroatoms. The lowest BCUT2D eigenvalue weighted by molar-refractivity contribution is 0.0680. The van der Waals surface area contributed by atoms with Crippen LogP contribution in [0.2, 0.25) is 0 Å². The fourth-order valence-electron chi connectivity index (χ4n) is 4.46. The van der Waals surface area contributed by atoms with Crippen LogP contribution >= 0.6 is 0 Å². The maximum atomic E-state index is 13.3. The summed E-state index contributed by atoms with van der Waals surface area (Å²) in [4.78, 5) is 28.0. The molecule has 1 amide bonds. The van der Waals surface area contributed by atoms with Crippen molar-refractivity contribution in [1.82, 2.24) is 14.7 Å². The number of carbonyl (C=O) groups is 1. The van der Waals surface area contributed by atoms with Crippen molar-refractivity contribution in [2.75, 3.05) is 13.1 Å². The van der Waals surface area contributed by atoms with Crippen molar-refractivity contribution in [2.24, 2.45) is 5.92 Å². The number of carbonyl (C=O) groups excluding carboxylic acids is 1. The fraction of sp³-hybridized carbons (Fsp3) is 0.423. The van der Waals surface area contributed by atoms with Crippen LogP contribution in [0.15, 0.2) is 53.3 Å². The van der Waals surface area contributed by atoms with Crippen LogP contribution in [0.5, 0.6) is 0 Å². The van der Waals surface area contributed by atoms with Crippen LogP contribution in [0.25, 0.3) is 10.8 Å². The van der Waals surface area contributed by atoms with Crippen molar-refractivity contribution in [3.8, 4) is 0 Å². The summed E-state index contributed by atoms with van der Waals surface area (Å²) in [6.07, 6.45) is 5.08. The number of hydrogen-bond acceptors (Lipinski definition) is 3. The molecule has 0 unspecified atom stereocenters. The molecule has 4 rings (SSSR count). The first-order valence-corrected chi connectivity index (χ1v) is 11.4. The Morgan fingerprint density at radius 2 is 1.71 bits per heavy atom. The molecule has 0 spiro atoms. The monoisotopic (exact) mass is 417 g/mol. The van der Waals surface area contributed by atoms with Gasteiger partial charge in [-0.2, -0.15) is 5.10 Å². The zero-order chi connectivity index (χ0) is 21.8. The van der Waals surface area contributed by atoms with Gasteiger partial charge in [0.1, 0.15) is 0 Å². The van der Waals surface area contributed by atoms with E-state index in [4.69, 9.17) is 0 Å². The van der Waals surface area contributed by atoms with E-state index in [1.165, 1.54) is 15.8 Å². The molecule has 0 aliphatic carbocycles. The summed E-state index contributed by atoms with van der Waals surface area (Å²) in [5.74, 6) is 0.585. The average molecular weight is 418 g/mol. The Morgan fingerprint density at radius 1 is 1.03 bits per heavy atom. The molecule has 0 N–H and O–H groups in total. The van der Waals surface area contributed by atoms with Crippen LogP contribution in [0.4, 0.5) is 0 Å². The summed E-state index contributed by atoms with van der Waals surface area (Å²) in [6.45, 7) is 6.14. The Labute approximate surface area is 183 Å². The summed E-state index contributed by atoms with van der Waals surface area (Å²) in [5.41, 5.74) is 2.96. The highest BCUT2D eigenvalue weighted by Gasteiger charge is 2.26. The van der Waals surface area contributed by atoms with Gasteiger partial charge in [-0.1, -0.05) is 55.0 Å². The molecule has 1 aliphatic heterocycles. The summed E-state index contributed by atoms with van der Waals surface area (Å²) in [7, 11) is 0. The number of rotatable bonds is 6. The topological polar surface area (TPSA) is 55.2 Å². The Hall–Kier alpha value is -2.95. The molecular formula is C26H31N3O2. The highest BCUT2D eigenvalue weighted by Crippen LogP contribution is 2.24. The number of likely N-dealkylation sites (tertiary alicyclic amines) is 1. The lowest BCUT2D eigenvalue weighted by Crippen LogP contribution is -2.40. The summed E-state index contributed by atoms with van der Waals surface area (Å²) < 4.78 is 1.45. The van der Waals surface area contributed by atoms with E-state index in [9.17, 15) is 9.59 Å². The average Bonchev–Trinajstić information content (AvgIpc) is 2.80. The van der Waals surface area contributed by atoms with Gasteiger partial charge in [0.05, 0.1) is 5.39 Å². The molecule has 31 heavy (non-hydrogen) atoms. The van der Waals surface area contributed by atoms with Crippen LogP contribution < -0.4 is 5.56 Å². The number of aryl methyl sites for hydroxylation is 3. The normalized spacial score (nSPS) is 14.8. The van der Waals surface area contributed by atoms with Crippen molar-refractivity contribution in [1.29, 1.82) is 0 Å². The van der Waals surface area contributed by atoms with Gasteiger partial charge in [0, 0.05) is 25.0 Å². The van der Waals surface area contributed by atoms with Gasteiger partial charge < -0.3 is 4.90 Å². The van der Waals surface area contributed by atoms with E-state index in [1.54, 1.807) is 6.07 Å². The van der Waals surface area contributed by atoms with E-state index >= 15 is 0 Å². The maximum Gasteiger partial charge on any atom is 0.274 e. The molecule has 1 aliphatic rings. The molecule has 1 fully saturated rings. The fourth-order valence-corrected chi connectivity index (χ4v) is 4.46. The van der Waals surface area contributed by atoms with Crippen molar-refractivity contribution in [3.63, 3.8) is 0 Å². The van der Waals surface area contributed by atoms with Gasteiger partial charge in [0.25, 0.3) is 11.5 Å². The number of hydrogen-bond donors (Lipinski definition) is 0. The van der Waals surface area contributed by atoms with Crippen LogP contribution in [0.3, 0.4) is 0 Å². The molecule has 0 saturated carbocycles. The Balaban J connectivity index is 1.45. The summed E-state index contributed by atoms with van der Waals surface area (Å²) in [5, 5.41) is 5.71. The van der Waals surface area contributed by atoms with Crippen molar-refractivity contribution >= 4 is 16.7 Å². The molecule has 3 aromatic rings. The maximum absolute atomic E-state index is 13.3. The highest BCUT2D eigenvalue weighted by atomic mass is 16.2. The van der Waals surface area contributed by atoms with Crippen LogP contribution in [-0.4, -0.2) is 33.7 Å².